The van der Waals surface area contributed by atoms with Crippen molar-refractivity contribution < 1.29 is 9.53 Å². The topological polar surface area (TPSA) is 92.8 Å². The van der Waals surface area contributed by atoms with E-state index in [9.17, 15) is 4.79 Å². The maximum absolute atomic E-state index is 11.6. The number of carbonyl (C=O) groups is 1. The highest BCUT2D eigenvalue weighted by Gasteiger charge is 2.30. The van der Waals surface area contributed by atoms with Gasteiger partial charge in [0, 0.05) is 6.61 Å². The molecule has 2 rings (SSSR count). The molecule has 1 aliphatic heterocycles. The zero-order chi connectivity index (χ0) is 10.7. The maximum Gasteiger partial charge on any atom is 0.249 e. The van der Waals surface area contributed by atoms with E-state index in [4.69, 9.17) is 4.74 Å². The minimum Gasteiger partial charge on any atom is -0.368 e. The second kappa shape index (κ2) is 4.35. The zero-order valence-corrected chi connectivity index (χ0v) is 8.43. The summed E-state index contributed by atoms with van der Waals surface area (Å²) in [6.07, 6.45) is 0.595. The highest BCUT2D eigenvalue weighted by atomic mass is 16.5. The molecule has 0 saturated carbocycles. The summed E-state index contributed by atoms with van der Waals surface area (Å²) in [5.41, 5.74) is 0. The Morgan fingerprint density at radius 3 is 3.20 bits per heavy atom. The van der Waals surface area contributed by atoms with Gasteiger partial charge in [-0.2, -0.15) is 5.21 Å². The molecule has 0 spiro atoms. The van der Waals surface area contributed by atoms with Crippen molar-refractivity contribution in [2.75, 3.05) is 6.61 Å². The fourth-order valence-corrected chi connectivity index (χ4v) is 1.55. The molecule has 0 bridgehead atoms. The van der Waals surface area contributed by atoms with Gasteiger partial charge in [0.25, 0.3) is 0 Å². The number of hydrogen-bond acceptors (Lipinski definition) is 5. The van der Waals surface area contributed by atoms with E-state index in [0.29, 0.717) is 12.4 Å². The second-order valence-corrected chi connectivity index (χ2v) is 3.60. The van der Waals surface area contributed by atoms with Crippen molar-refractivity contribution in [1.29, 1.82) is 0 Å². The van der Waals surface area contributed by atoms with E-state index in [1.807, 2.05) is 6.92 Å². The Morgan fingerprint density at radius 1 is 1.73 bits per heavy atom. The minimum absolute atomic E-state index is 0.107. The largest absolute Gasteiger partial charge is 0.368 e. The molecule has 2 heterocycles. The first-order chi connectivity index (χ1) is 7.27. The Hall–Kier alpha value is -1.50. The van der Waals surface area contributed by atoms with E-state index >= 15 is 0 Å². The predicted octanol–water partition coefficient (Wildman–Crippen LogP) is -0.759. The molecule has 0 aromatic carbocycles. The summed E-state index contributed by atoms with van der Waals surface area (Å²) >= 11 is 0. The highest BCUT2D eigenvalue weighted by Crippen LogP contribution is 2.19. The van der Waals surface area contributed by atoms with E-state index in [2.05, 4.69) is 25.9 Å². The summed E-state index contributed by atoms with van der Waals surface area (Å²) in [7, 11) is 0. The first-order valence-electron chi connectivity index (χ1n) is 4.89. The van der Waals surface area contributed by atoms with E-state index in [1.54, 1.807) is 0 Å². The Labute approximate surface area is 86.6 Å². The van der Waals surface area contributed by atoms with Crippen molar-refractivity contribution in [3.63, 3.8) is 0 Å². The number of H-pyrrole nitrogens is 1. The average molecular weight is 211 g/mol. The molecule has 1 aromatic rings. The van der Waals surface area contributed by atoms with Gasteiger partial charge in [-0.25, -0.2) is 0 Å². The van der Waals surface area contributed by atoms with Crippen molar-refractivity contribution in [2.24, 2.45) is 5.92 Å². The summed E-state index contributed by atoms with van der Waals surface area (Å²) in [6, 6.07) is 0. The van der Waals surface area contributed by atoms with Crippen LogP contribution in [0.15, 0.2) is 0 Å². The fourth-order valence-electron chi connectivity index (χ4n) is 1.55. The lowest BCUT2D eigenvalue weighted by molar-refractivity contribution is -0.131. The summed E-state index contributed by atoms with van der Waals surface area (Å²) in [5.74, 6) is 0.633. The second-order valence-electron chi connectivity index (χ2n) is 3.60. The molecule has 1 aliphatic rings. The molecule has 1 amide bonds. The molecule has 2 N–H and O–H groups in total. The summed E-state index contributed by atoms with van der Waals surface area (Å²) < 4.78 is 5.32. The van der Waals surface area contributed by atoms with Gasteiger partial charge in [0.05, 0.1) is 6.54 Å². The third kappa shape index (κ3) is 2.30. The molecule has 15 heavy (non-hydrogen) atoms. The zero-order valence-electron chi connectivity index (χ0n) is 8.43. The Bertz CT molecular complexity index is 326. The van der Waals surface area contributed by atoms with Crippen molar-refractivity contribution in [3.8, 4) is 0 Å². The number of tetrazole rings is 1. The van der Waals surface area contributed by atoms with E-state index in [1.165, 1.54) is 0 Å². The van der Waals surface area contributed by atoms with Crippen LogP contribution in [0.2, 0.25) is 0 Å². The van der Waals surface area contributed by atoms with Gasteiger partial charge in [-0.05, 0) is 12.3 Å². The SMILES string of the molecule is CC1CCOC1C(=O)NCc1nn[nH]n1. The predicted molar refractivity (Wildman–Crippen MR) is 49.5 cm³/mol. The molecule has 1 aromatic heterocycles. The fraction of sp³-hybridized carbons (Fsp3) is 0.750. The van der Waals surface area contributed by atoms with Gasteiger partial charge in [-0.1, -0.05) is 12.1 Å². The smallest absolute Gasteiger partial charge is 0.249 e. The van der Waals surface area contributed by atoms with Crippen LogP contribution in [0.3, 0.4) is 0 Å². The Kier molecular flexibility index (Phi) is 2.91. The third-order valence-electron chi connectivity index (χ3n) is 2.46. The molecule has 1 fully saturated rings. The molecular formula is C8H13N5O2. The van der Waals surface area contributed by atoms with Crippen LogP contribution in [0.1, 0.15) is 19.2 Å². The van der Waals surface area contributed by atoms with Crippen LogP contribution < -0.4 is 5.32 Å². The summed E-state index contributed by atoms with van der Waals surface area (Å²) in [4.78, 5) is 11.6. The van der Waals surface area contributed by atoms with Gasteiger partial charge in [0.1, 0.15) is 6.10 Å². The molecule has 0 aliphatic carbocycles. The molecular weight excluding hydrogens is 198 g/mol. The third-order valence-corrected chi connectivity index (χ3v) is 2.46. The van der Waals surface area contributed by atoms with Crippen molar-refractivity contribution in [1.82, 2.24) is 25.9 Å². The van der Waals surface area contributed by atoms with Crippen LogP contribution >= 0.6 is 0 Å². The summed E-state index contributed by atoms with van der Waals surface area (Å²) in [6.45, 7) is 2.94. The van der Waals surface area contributed by atoms with Crippen molar-refractivity contribution >= 4 is 5.91 Å². The quantitative estimate of drug-likeness (QED) is 0.685. The summed E-state index contributed by atoms with van der Waals surface area (Å²) in [5, 5.41) is 15.9. The van der Waals surface area contributed by atoms with Crippen molar-refractivity contribution in [3.05, 3.63) is 5.82 Å². The van der Waals surface area contributed by atoms with Crippen LogP contribution in [0.5, 0.6) is 0 Å². The molecule has 82 valence electrons. The first-order valence-corrected chi connectivity index (χ1v) is 4.89. The van der Waals surface area contributed by atoms with Gasteiger partial charge in [0.15, 0.2) is 5.82 Å². The lowest BCUT2D eigenvalue weighted by Crippen LogP contribution is -2.37. The van der Waals surface area contributed by atoms with Crippen LogP contribution in [0.25, 0.3) is 0 Å². The van der Waals surface area contributed by atoms with E-state index in [0.717, 1.165) is 6.42 Å². The molecule has 2 atom stereocenters. The van der Waals surface area contributed by atoms with Crippen molar-refractivity contribution in [2.45, 2.75) is 26.0 Å². The van der Waals surface area contributed by atoms with Gasteiger partial charge in [-0.15, -0.1) is 10.2 Å². The normalized spacial score (nSPS) is 25.4. The monoisotopic (exact) mass is 211 g/mol. The molecule has 7 nitrogen and oxygen atoms in total. The number of nitrogens with zero attached hydrogens (tertiary/aromatic N) is 3. The maximum atomic E-state index is 11.6. The van der Waals surface area contributed by atoms with Gasteiger partial charge in [-0.3, -0.25) is 4.79 Å². The van der Waals surface area contributed by atoms with Crippen LogP contribution in [0, 0.1) is 5.92 Å². The number of carbonyl (C=O) groups excluding carboxylic acids is 1. The molecule has 1 saturated heterocycles. The molecule has 0 radical (unpaired) electrons. The highest BCUT2D eigenvalue weighted by molar-refractivity contribution is 5.81. The number of aromatic amines is 1. The Balaban J connectivity index is 1.82. The minimum atomic E-state index is -0.336. The number of hydrogen-bond donors (Lipinski definition) is 2. The van der Waals surface area contributed by atoms with Crippen LogP contribution in [0.4, 0.5) is 0 Å². The number of rotatable bonds is 3. The van der Waals surface area contributed by atoms with Gasteiger partial charge < -0.3 is 10.1 Å². The number of amides is 1. The number of aromatic nitrogens is 4. The molecule has 7 heteroatoms. The Morgan fingerprint density at radius 2 is 2.60 bits per heavy atom. The average Bonchev–Trinajstić information content (AvgIpc) is 2.84. The lowest BCUT2D eigenvalue weighted by atomic mass is 10.0. The van der Waals surface area contributed by atoms with Gasteiger partial charge >= 0.3 is 0 Å². The number of nitrogens with one attached hydrogen (secondary N) is 2. The standard InChI is InChI=1S/C8H13N5O2/c1-5-2-3-15-7(5)8(14)9-4-6-10-12-13-11-6/h5,7H,2-4H2,1H3,(H,9,14)(H,10,11,12,13). The van der Waals surface area contributed by atoms with Crippen LogP contribution in [-0.4, -0.2) is 39.2 Å². The lowest BCUT2D eigenvalue weighted by Gasteiger charge is -2.13. The molecule has 2 unspecified atom stereocenters. The number of ether oxygens (including phenoxy) is 1. The van der Waals surface area contributed by atoms with E-state index < -0.39 is 0 Å². The van der Waals surface area contributed by atoms with E-state index in [-0.39, 0.29) is 24.5 Å². The van der Waals surface area contributed by atoms with Gasteiger partial charge in [0.2, 0.25) is 5.91 Å². The van der Waals surface area contributed by atoms with Crippen LogP contribution in [-0.2, 0) is 16.1 Å². The first kappa shape index (κ1) is 10.0.